The lowest BCUT2D eigenvalue weighted by molar-refractivity contribution is -0.112. The minimum Gasteiger partial charge on any atom is -0.298 e. The highest BCUT2D eigenvalue weighted by molar-refractivity contribution is 5.87. The lowest BCUT2D eigenvalue weighted by Crippen LogP contribution is -2.05. The topological polar surface area (TPSA) is 34.1 Å². The maximum Gasteiger partial charge on any atom is 0.152 e. The van der Waals surface area contributed by atoms with Crippen LogP contribution >= 0.6 is 0 Å². The Hall–Kier alpha value is -1.18. The standard InChI is InChI=1S/C13H20O2/c1-10(2)13(8-6-12(4)15)7-5-11(3)9-14/h5-6,8-10,13H,7H2,1-4H3/b8-6+,11-5+. The quantitative estimate of drug-likeness (QED) is 0.497. The summed E-state index contributed by atoms with van der Waals surface area (Å²) in [6, 6.07) is 0. The number of aldehydes is 1. The Morgan fingerprint density at radius 1 is 1.27 bits per heavy atom. The van der Waals surface area contributed by atoms with Gasteiger partial charge in [-0.2, -0.15) is 0 Å². The fraction of sp³-hybridized carbons (Fsp3) is 0.538. The molecule has 15 heavy (non-hydrogen) atoms. The van der Waals surface area contributed by atoms with Gasteiger partial charge in [0.05, 0.1) is 0 Å². The molecule has 0 aliphatic rings. The summed E-state index contributed by atoms with van der Waals surface area (Å²) in [5.74, 6) is 0.858. The van der Waals surface area contributed by atoms with E-state index in [1.165, 1.54) is 0 Å². The van der Waals surface area contributed by atoms with Gasteiger partial charge in [0, 0.05) is 0 Å². The van der Waals surface area contributed by atoms with Crippen LogP contribution in [0, 0.1) is 11.8 Å². The molecule has 1 atom stereocenters. The monoisotopic (exact) mass is 208 g/mol. The zero-order chi connectivity index (χ0) is 11.8. The van der Waals surface area contributed by atoms with E-state index in [1.807, 2.05) is 12.2 Å². The van der Waals surface area contributed by atoms with Crippen LogP contribution in [0.15, 0.2) is 23.8 Å². The highest BCUT2D eigenvalue weighted by atomic mass is 16.1. The summed E-state index contributed by atoms with van der Waals surface area (Å²) in [4.78, 5) is 21.2. The Morgan fingerprint density at radius 3 is 2.27 bits per heavy atom. The van der Waals surface area contributed by atoms with E-state index in [4.69, 9.17) is 0 Å². The van der Waals surface area contributed by atoms with Crippen molar-refractivity contribution in [3.63, 3.8) is 0 Å². The largest absolute Gasteiger partial charge is 0.298 e. The van der Waals surface area contributed by atoms with E-state index in [0.717, 1.165) is 18.3 Å². The second kappa shape index (κ2) is 7.16. The molecule has 0 bridgehead atoms. The van der Waals surface area contributed by atoms with Crippen molar-refractivity contribution in [2.75, 3.05) is 0 Å². The molecule has 0 radical (unpaired) electrons. The van der Waals surface area contributed by atoms with Crippen LogP contribution in [0.25, 0.3) is 0 Å². The zero-order valence-corrected chi connectivity index (χ0v) is 9.99. The van der Waals surface area contributed by atoms with Crippen LogP contribution < -0.4 is 0 Å². The van der Waals surface area contributed by atoms with Crippen molar-refractivity contribution in [1.29, 1.82) is 0 Å². The van der Waals surface area contributed by atoms with Crippen LogP contribution in [0.5, 0.6) is 0 Å². The van der Waals surface area contributed by atoms with E-state index in [2.05, 4.69) is 13.8 Å². The zero-order valence-electron chi connectivity index (χ0n) is 9.99. The first-order chi connectivity index (χ1) is 6.97. The smallest absolute Gasteiger partial charge is 0.152 e. The van der Waals surface area contributed by atoms with Gasteiger partial charge in [-0.15, -0.1) is 0 Å². The average molecular weight is 208 g/mol. The van der Waals surface area contributed by atoms with Crippen molar-refractivity contribution in [2.45, 2.75) is 34.1 Å². The number of carbonyl (C=O) groups is 2. The van der Waals surface area contributed by atoms with E-state index < -0.39 is 0 Å². The predicted octanol–water partition coefficient (Wildman–Crippen LogP) is 2.94. The van der Waals surface area contributed by atoms with Gasteiger partial charge in [0.15, 0.2) is 5.78 Å². The van der Waals surface area contributed by atoms with Gasteiger partial charge in [0.25, 0.3) is 0 Å². The van der Waals surface area contributed by atoms with Gasteiger partial charge in [-0.05, 0) is 43.8 Å². The summed E-state index contributed by atoms with van der Waals surface area (Å²) < 4.78 is 0. The molecule has 2 heteroatoms. The molecule has 2 nitrogen and oxygen atoms in total. The van der Waals surface area contributed by atoms with Gasteiger partial charge >= 0.3 is 0 Å². The van der Waals surface area contributed by atoms with Crippen molar-refractivity contribution in [2.24, 2.45) is 11.8 Å². The molecule has 0 amide bonds. The van der Waals surface area contributed by atoms with Gasteiger partial charge in [-0.25, -0.2) is 0 Å². The number of hydrogen-bond donors (Lipinski definition) is 0. The van der Waals surface area contributed by atoms with Gasteiger partial charge < -0.3 is 0 Å². The highest BCUT2D eigenvalue weighted by Crippen LogP contribution is 2.18. The Bertz CT molecular complexity index is 272. The Kier molecular flexibility index (Phi) is 6.59. The van der Waals surface area contributed by atoms with E-state index >= 15 is 0 Å². The summed E-state index contributed by atoms with van der Waals surface area (Å²) >= 11 is 0. The Labute approximate surface area is 92.1 Å². The molecule has 0 aromatic heterocycles. The lowest BCUT2D eigenvalue weighted by atomic mass is 9.91. The summed E-state index contributed by atoms with van der Waals surface area (Å²) in [5, 5.41) is 0. The van der Waals surface area contributed by atoms with Crippen LogP contribution in [-0.4, -0.2) is 12.1 Å². The minimum absolute atomic E-state index is 0.0664. The first-order valence-corrected chi connectivity index (χ1v) is 5.28. The van der Waals surface area contributed by atoms with Crippen LogP contribution in [0.2, 0.25) is 0 Å². The van der Waals surface area contributed by atoms with Gasteiger partial charge in [0.2, 0.25) is 0 Å². The number of carbonyl (C=O) groups excluding carboxylic acids is 2. The third-order valence-corrected chi connectivity index (χ3v) is 2.33. The molecule has 84 valence electrons. The summed E-state index contributed by atoms with van der Waals surface area (Å²) in [6.45, 7) is 7.55. The van der Waals surface area contributed by atoms with Crippen LogP contribution in [-0.2, 0) is 9.59 Å². The van der Waals surface area contributed by atoms with E-state index in [-0.39, 0.29) is 5.78 Å². The molecular weight excluding hydrogens is 188 g/mol. The summed E-state index contributed by atoms with van der Waals surface area (Å²) in [6.07, 6.45) is 7.12. The number of ketones is 1. The van der Waals surface area contributed by atoms with Gasteiger partial charge in [0.1, 0.15) is 6.29 Å². The van der Waals surface area contributed by atoms with Crippen molar-refractivity contribution >= 4 is 12.1 Å². The molecule has 0 aliphatic heterocycles. The third-order valence-electron chi connectivity index (χ3n) is 2.33. The predicted molar refractivity (Wildman–Crippen MR) is 62.6 cm³/mol. The first-order valence-electron chi connectivity index (χ1n) is 5.28. The van der Waals surface area contributed by atoms with E-state index in [9.17, 15) is 9.59 Å². The van der Waals surface area contributed by atoms with Crippen molar-refractivity contribution in [3.05, 3.63) is 23.8 Å². The molecular formula is C13H20O2. The van der Waals surface area contributed by atoms with Crippen molar-refractivity contribution in [1.82, 2.24) is 0 Å². The maximum atomic E-state index is 10.8. The molecule has 0 saturated heterocycles. The fourth-order valence-corrected chi connectivity index (χ4v) is 1.20. The molecule has 0 aromatic carbocycles. The van der Waals surface area contributed by atoms with E-state index in [1.54, 1.807) is 19.9 Å². The summed E-state index contributed by atoms with van der Waals surface area (Å²) in [5.41, 5.74) is 0.747. The molecule has 1 unspecified atom stereocenters. The van der Waals surface area contributed by atoms with Gasteiger partial charge in [-0.1, -0.05) is 26.0 Å². The second-order valence-electron chi connectivity index (χ2n) is 4.18. The molecule has 0 N–H and O–H groups in total. The first kappa shape index (κ1) is 13.8. The van der Waals surface area contributed by atoms with Crippen LogP contribution in [0.4, 0.5) is 0 Å². The third kappa shape index (κ3) is 6.83. The van der Waals surface area contributed by atoms with E-state index in [0.29, 0.717) is 11.8 Å². The molecule has 0 heterocycles. The Balaban J connectivity index is 4.42. The minimum atomic E-state index is 0.0664. The van der Waals surface area contributed by atoms with Crippen molar-refractivity contribution < 1.29 is 9.59 Å². The van der Waals surface area contributed by atoms with Crippen LogP contribution in [0.1, 0.15) is 34.1 Å². The molecule has 0 aliphatic carbocycles. The number of hydrogen-bond acceptors (Lipinski definition) is 2. The average Bonchev–Trinajstić information content (AvgIpc) is 2.16. The van der Waals surface area contributed by atoms with Crippen LogP contribution in [0.3, 0.4) is 0 Å². The summed E-state index contributed by atoms with van der Waals surface area (Å²) in [7, 11) is 0. The molecule has 0 rings (SSSR count). The normalized spacial score (nSPS) is 14.6. The second-order valence-corrected chi connectivity index (χ2v) is 4.18. The Morgan fingerprint density at radius 2 is 1.87 bits per heavy atom. The highest BCUT2D eigenvalue weighted by Gasteiger charge is 2.08. The van der Waals surface area contributed by atoms with Crippen molar-refractivity contribution in [3.8, 4) is 0 Å². The molecule has 0 saturated carbocycles. The number of allylic oxidation sites excluding steroid dienone is 4. The molecule has 0 spiro atoms. The number of rotatable bonds is 6. The fourth-order valence-electron chi connectivity index (χ4n) is 1.20. The molecule has 0 fully saturated rings. The SMILES string of the molecule is CC(=O)/C=C/C(C/C=C(\C)C=O)C(C)C. The lowest BCUT2D eigenvalue weighted by Gasteiger charge is -2.14. The van der Waals surface area contributed by atoms with Gasteiger partial charge in [-0.3, -0.25) is 9.59 Å². The maximum absolute atomic E-state index is 10.8. The molecule has 0 aromatic rings.